The number of hydrogen-bond donors (Lipinski definition) is 1. The molecule has 0 spiro atoms. The number of fused-ring (bicyclic) bond motifs is 1. The Morgan fingerprint density at radius 2 is 1.83 bits per heavy atom. The van der Waals surface area contributed by atoms with Crippen molar-refractivity contribution in [2.24, 2.45) is 0 Å². The van der Waals surface area contributed by atoms with Gasteiger partial charge in [0.25, 0.3) is 0 Å². The average Bonchev–Trinajstić information content (AvgIpc) is 2.64. The van der Waals surface area contributed by atoms with Crippen LogP contribution < -0.4 is 0 Å². The van der Waals surface area contributed by atoms with Crippen molar-refractivity contribution in [2.45, 2.75) is 6.42 Å². The molecule has 0 fully saturated rings. The number of carbonyl (C=O) groups excluding carboxylic acids is 2. The summed E-state index contributed by atoms with van der Waals surface area (Å²) < 4.78 is 4.50. The highest BCUT2D eigenvalue weighted by Crippen LogP contribution is 2.26. The molecule has 0 amide bonds. The lowest BCUT2D eigenvalue weighted by Crippen LogP contribution is -1.97. The Kier molecular flexibility index (Phi) is 3.12. The monoisotopic (exact) mass is 244 g/mol. The van der Waals surface area contributed by atoms with Crippen molar-refractivity contribution >= 4 is 17.5 Å². The fraction of sp³-hybridized carbons (Fsp3) is 0.143. The van der Waals surface area contributed by atoms with Crippen LogP contribution in [0.15, 0.2) is 36.9 Å². The first kappa shape index (κ1) is 12.3. The summed E-state index contributed by atoms with van der Waals surface area (Å²) in [5, 5.41) is 8.90. The average molecular weight is 244 g/mol. The van der Waals surface area contributed by atoms with E-state index in [0.29, 0.717) is 12.0 Å². The maximum absolute atomic E-state index is 11.4. The van der Waals surface area contributed by atoms with E-state index in [9.17, 15) is 9.59 Å². The van der Waals surface area contributed by atoms with Gasteiger partial charge in [-0.25, -0.2) is 9.59 Å². The van der Waals surface area contributed by atoms with Crippen LogP contribution in [0.25, 0.3) is 5.57 Å². The Balaban J connectivity index is 2.30. The largest absolute Gasteiger partial charge is 0.392 e. The van der Waals surface area contributed by atoms with Gasteiger partial charge in [0, 0.05) is 0 Å². The molecule has 0 saturated carbocycles. The van der Waals surface area contributed by atoms with Crippen LogP contribution >= 0.6 is 0 Å². The minimum Gasteiger partial charge on any atom is -0.392 e. The number of ether oxygens (including phenoxy) is 1. The fourth-order valence-electron chi connectivity index (χ4n) is 1.76. The van der Waals surface area contributed by atoms with Crippen LogP contribution in [-0.2, 0) is 4.74 Å². The molecule has 0 unspecified atom stereocenters. The molecule has 0 saturated heterocycles. The molecule has 1 aliphatic heterocycles. The SMILES string of the molecule is C=C(CO)CC(=C)c1ccc2c(c1)C(=O)OC2=O. The van der Waals surface area contributed by atoms with Crippen molar-refractivity contribution in [1.82, 2.24) is 0 Å². The van der Waals surface area contributed by atoms with Gasteiger partial charge < -0.3 is 9.84 Å². The molecule has 0 aromatic heterocycles. The Bertz CT molecular complexity index is 569. The molecule has 1 heterocycles. The molecule has 4 nitrogen and oxygen atoms in total. The van der Waals surface area contributed by atoms with Crippen LogP contribution in [0.1, 0.15) is 32.7 Å². The zero-order valence-corrected chi connectivity index (χ0v) is 9.73. The lowest BCUT2D eigenvalue weighted by Gasteiger charge is -2.07. The summed E-state index contributed by atoms with van der Waals surface area (Å²) in [5.74, 6) is -1.25. The van der Waals surface area contributed by atoms with Gasteiger partial charge in [0.05, 0.1) is 17.7 Å². The molecule has 1 aliphatic rings. The van der Waals surface area contributed by atoms with Crippen molar-refractivity contribution in [3.05, 3.63) is 53.6 Å². The molecule has 2 rings (SSSR count). The van der Waals surface area contributed by atoms with Crippen LogP contribution in [0.4, 0.5) is 0 Å². The van der Waals surface area contributed by atoms with E-state index in [2.05, 4.69) is 17.9 Å². The van der Waals surface area contributed by atoms with E-state index in [1.807, 2.05) is 0 Å². The lowest BCUT2D eigenvalue weighted by atomic mass is 9.97. The molecule has 92 valence electrons. The fourth-order valence-corrected chi connectivity index (χ4v) is 1.76. The molecule has 0 atom stereocenters. The Labute approximate surface area is 104 Å². The maximum atomic E-state index is 11.4. The third-order valence-corrected chi connectivity index (χ3v) is 2.74. The van der Waals surface area contributed by atoms with E-state index >= 15 is 0 Å². The lowest BCUT2D eigenvalue weighted by molar-refractivity contribution is 0.0444. The summed E-state index contributed by atoms with van der Waals surface area (Å²) in [6, 6.07) is 4.83. The maximum Gasteiger partial charge on any atom is 0.346 e. The van der Waals surface area contributed by atoms with Gasteiger partial charge in [-0.05, 0) is 35.3 Å². The van der Waals surface area contributed by atoms with E-state index in [4.69, 9.17) is 5.11 Å². The van der Waals surface area contributed by atoms with Crippen LogP contribution in [0, 0.1) is 0 Å². The standard InChI is InChI=1S/C14H12O4/c1-8(7-15)5-9(2)10-3-4-11-12(6-10)14(17)18-13(11)16/h3-4,6,15H,1-2,5,7H2. The smallest absolute Gasteiger partial charge is 0.346 e. The Morgan fingerprint density at radius 1 is 1.17 bits per heavy atom. The molecule has 1 aromatic carbocycles. The van der Waals surface area contributed by atoms with Crippen LogP contribution in [0.2, 0.25) is 0 Å². The first-order chi connectivity index (χ1) is 8.52. The molecular formula is C14H12O4. The number of cyclic esters (lactones) is 2. The summed E-state index contributed by atoms with van der Waals surface area (Å²) in [5.41, 5.74) is 2.63. The number of aliphatic hydroxyl groups excluding tert-OH is 1. The van der Waals surface area contributed by atoms with Crippen molar-refractivity contribution in [3.8, 4) is 0 Å². The highest BCUT2D eigenvalue weighted by atomic mass is 16.6. The number of rotatable bonds is 4. The first-order valence-electron chi connectivity index (χ1n) is 5.39. The van der Waals surface area contributed by atoms with Crippen LogP contribution in [0.5, 0.6) is 0 Å². The first-order valence-corrected chi connectivity index (χ1v) is 5.39. The quantitative estimate of drug-likeness (QED) is 0.499. The van der Waals surface area contributed by atoms with Gasteiger partial charge in [0.2, 0.25) is 0 Å². The molecule has 1 aromatic rings. The second-order valence-corrected chi connectivity index (χ2v) is 4.13. The third-order valence-electron chi connectivity index (χ3n) is 2.74. The topological polar surface area (TPSA) is 63.6 Å². The zero-order chi connectivity index (χ0) is 13.3. The van der Waals surface area contributed by atoms with Gasteiger partial charge in [-0.3, -0.25) is 0 Å². The number of esters is 2. The van der Waals surface area contributed by atoms with Crippen LogP contribution in [0.3, 0.4) is 0 Å². The van der Waals surface area contributed by atoms with Crippen LogP contribution in [-0.4, -0.2) is 23.7 Å². The van der Waals surface area contributed by atoms with Gasteiger partial charge in [-0.2, -0.15) is 0 Å². The Morgan fingerprint density at radius 3 is 2.50 bits per heavy atom. The Hall–Kier alpha value is -2.20. The van der Waals surface area contributed by atoms with Crippen molar-refractivity contribution in [1.29, 1.82) is 0 Å². The van der Waals surface area contributed by atoms with Gasteiger partial charge in [-0.15, -0.1) is 0 Å². The summed E-state index contributed by atoms with van der Waals surface area (Å²) in [4.78, 5) is 22.7. The highest BCUT2D eigenvalue weighted by Gasteiger charge is 2.29. The molecule has 0 radical (unpaired) electrons. The molecule has 18 heavy (non-hydrogen) atoms. The number of benzene rings is 1. The highest BCUT2D eigenvalue weighted by molar-refractivity contribution is 6.15. The zero-order valence-electron chi connectivity index (χ0n) is 9.73. The van der Waals surface area contributed by atoms with E-state index in [1.54, 1.807) is 18.2 Å². The van der Waals surface area contributed by atoms with Gasteiger partial charge in [-0.1, -0.05) is 19.2 Å². The van der Waals surface area contributed by atoms with Gasteiger partial charge in [0.15, 0.2) is 0 Å². The number of aliphatic hydroxyl groups is 1. The van der Waals surface area contributed by atoms with Crippen molar-refractivity contribution < 1.29 is 19.4 Å². The minimum absolute atomic E-state index is 0.107. The molecular weight excluding hydrogens is 232 g/mol. The summed E-state index contributed by atoms with van der Waals surface area (Å²) in [6.07, 6.45) is 0.443. The third kappa shape index (κ3) is 2.10. The van der Waals surface area contributed by atoms with Gasteiger partial charge >= 0.3 is 11.9 Å². The predicted molar refractivity (Wildman–Crippen MR) is 66.1 cm³/mol. The number of hydrogen-bond acceptors (Lipinski definition) is 4. The van der Waals surface area contributed by atoms with Crippen molar-refractivity contribution in [3.63, 3.8) is 0 Å². The number of allylic oxidation sites excluding steroid dienone is 1. The second kappa shape index (κ2) is 4.58. The second-order valence-electron chi connectivity index (χ2n) is 4.13. The predicted octanol–water partition coefficient (Wildman–Crippen LogP) is 1.95. The number of carbonyl (C=O) groups is 2. The molecule has 4 heteroatoms. The van der Waals surface area contributed by atoms with Gasteiger partial charge in [0.1, 0.15) is 0 Å². The molecule has 0 bridgehead atoms. The van der Waals surface area contributed by atoms with E-state index in [0.717, 1.165) is 11.1 Å². The van der Waals surface area contributed by atoms with Crippen molar-refractivity contribution in [2.75, 3.05) is 6.61 Å². The van der Waals surface area contributed by atoms with E-state index in [1.165, 1.54) is 0 Å². The molecule has 1 N–H and O–H groups in total. The molecule has 0 aliphatic carbocycles. The van der Waals surface area contributed by atoms with E-state index < -0.39 is 11.9 Å². The normalized spacial score (nSPS) is 13.2. The summed E-state index contributed by atoms with van der Waals surface area (Å²) in [6.45, 7) is 7.45. The summed E-state index contributed by atoms with van der Waals surface area (Å²) >= 11 is 0. The minimum atomic E-state index is -0.634. The summed E-state index contributed by atoms with van der Waals surface area (Å²) in [7, 11) is 0. The van der Waals surface area contributed by atoms with E-state index in [-0.39, 0.29) is 17.7 Å².